The molecular weight excluding hydrogens is 415 g/mol. The van der Waals surface area contributed by atoms with E-state index in [1.165, 1.54) is 49.5 Å². The van der Waals surface area contributed by atoms with Crippen molar-refractivity contribution in [1.82, 2.24) is 9.80 Å². The van der Waals surface area contributed by atoms with E-state index in [4.69, 9.17) is 4.74 Å². The second-order valence-corrected chi connectivity index (χ2v) is 9.72. The Hall–Kier alpha value is -1.99. The molecule has 0 bridgehead atoms. The predicted octanol–water partition coefficient (Wildman–Crippen LogP) is 4.83. The van der Waals surface area contributed by atoms with E-state index in [2.05, 4.69) is 0 Å². The number of piperazine rings is 1. The minimum atomic E-state index is -0.326. The molecule has 0 N–H and O–H groups in total. The lowest BCUT2D eigenvalue weighted by molar-refractivity contribution is -0.133. The monoisotopic (exact) mass is 446 g/mol. The molecule has 5 nitrogen and oxygen atoms in total. The van der Waals surface area contributed by atoms with E-state index in [1.54, 1.807) is 18.1 Å². The molecule has 0 atom stereocenters. The predicted molar refractivity (Wildman–Crippen MR) is 121 cm³/mol. The number of hydrogen-bond donors (Lipinski definition) is 0. The van der Waals surface area contributed by atoms with Crippen LogP contribution in [0.5, 0.6) is 0 Å². The first kappa shape index (κ1) is 22.2. The average molecular weight is 447 g/mol. The average Bonchev–Trinajstić information content (AvgIpc) is 3.18. The van der Waals surface area contributed by atoms with E-state index in [0.29, 0.717) is 54.3 Å². The molecule has 1 saturated carbocycles. The highest BCUT2D eigenvalue weighted by molar-refractivity contribution is 7.21. The Kier molecular flexibility index (Phi) is 7.23. The first-order valence-electron chi connectivity index (χ1n) is 11.3. The molecule has 2 amide bonds. The molecule has 2 fully saturated rings. The smallest absolute Gasteiger partial charge is 0.264 e. The number of fused-ring (bicyclic) bond motifs is 1. The molecule has 168 valence electrons. The molecule has 2 aromatic rings. The lowest BCUT2D eigenvalue weighted by atomic mass is 9.86. The quantitative estimate of drug-likeness (QED) is 0.639. The number of ether oxygens (including phenoxy) is 1. The van der Waals surface area contributed by atoms with Crippen LogP contribution in [0.15, 0.2) is 18.2 Å². The number of hydrogen-bond acceptors (Lipinski definition) is 4. The van der Waals surface area contributed by atoms with Gasteiger partial charge in [-0.05, 0) is 24.5 Å². The summed E-state index contributed by atoms with van der Waals surface area (Å²) in [4.78, 5) is 30.1. The molecule has 1 aliphatic carbocycles. The van der Waals surface area contributed by atoms with Crippen molar-refractivity contribution in [2.24, 2.45) is 5.92 Å². The van der Waals surface area contributed by atoms with Crippen LogP contribution in [0.4, 0.5) is 4.39 Å². The van der Waals surface area contributed by atoms with Crippen molar-refractivity contribution in [2.75, 3.05) is 33.3 Å². The number of benzene rings is 1. The third-order valence-corrected chi connectivity index (χ3v) is 7.84. The van der Waals surface area contributed by atoms with E-state index in [1.807, 2.05) is 11.0 Å². The SMILES string of the molecule is COCc1c(C(=O)N2CCN(C(=O)CCC3CCCCC3)CC2)sc2cccc(F)c12. The van der Waals surface area contributed by atoms with Crippen LogP contribution in [0.25, 0.3) is 10.1 Å². The minimum absolute atomic E-state index is 0.0954. The van der Waals surface area contributed by atoms with E-state index in [-0.39, 0.29) is 24.2 Å². The van der Waals surface area contributed by atoms with Crippen LogP contribution in [0, 0.1) is 11.7 Å². The maximum absolute atomic E-state index is 14.4. The summed E-state index contributed by atoms with van der Waals surface area (Å²) in [6.45, 7) is 2.35. The van der Waals surface area contributed by atoms with Gasteiger partial charge >= 0.3 is 0 Å². The highest BCUT2D eigenvalue weighted by Crippen LogP contribution is 2.35. The second kappa shape index (κ2) is 10.1. The molecule has 2 aliphatic rings. The number of methoxy groups -OCH3 is 1. The Morgan fingerprint density at radius 3 is 2.52 bits per heavy atom. The fourth-order valence-corrected chi connectivity index (χ4v) is 6.08. The Morgan fingerprint density at radius 1 is 1.10 bits per heavy atom. The zero-order valence-corrected chi connectivity index (χ0v) is 19.0. The molecule has 1 aromatic heterocycles. The van der Waals surface area contributed by atoms with Gasteiger partial charge in [-0.2, -0.15) is 0 Å². The molecule has 1 aliphatic heterocycles. The minimum Gasteiger partial charge on any atom is -0.380 e. The van der Waals surface area contributed by atoms with E-state index in [9.17, 15) is 14.0 Å². The molecule has 2 heterocycles. The van der Waals surface area contributed by atoms with Crippen LogP contribution in [-0.4, -0.2) is 54.9 Å². The number of carbonyl (C=O) groups excluding carboxylic acids is 2. The topological polar surface area (TPSA) is 49.9 Å². The summed E-state index contributed by atoms with van der Waals surface area (Å²) < 4.78 is 20.4. The van der Waals surface area contributed by atoms with Gasteiger partial charge in [0.15, 0.2) is 0 Å². The lowest BCUT2D eigenvalue weighted by Crippen LogP contribution is -2.50. The largest absolute Gasteiger partial charge is 0.380 e. The number of amides is 2. The zero-order valence-electron chi connectivity index (χ0n) is 18.2. The van der Waals surface area contributed by atoms with Crippen LogP contribution in [0.2, 0.25) is 0 Å². The van der Waals surface area contributed by atoms with E-state index >= 15 is 0 Å². The number of rotatable bonds is 6. The normalized spacial score (nSPS) is 18.0. The van der Waals surface area contributed by atoms with E-state index in [0.717, 1.165) is 11.1 Å². The highest BCUT2D eigenvalue weighted by Gasteiger charge is 2.29. The first-order valence-corrected chi connectivity index (χ1v) is 12.2. The van der Waals surface area contributed by atoms with Crippen molar-refractivity contribution in [2.45, 2.75) is 51.6 Å². The Morgan fingerprint density at radius 2 is 1.81 bits per heavy atom. The summed E-state index contributed by atoms with van der Waals surface area (Å²) in [6.07, 6.45) is 8.06. The molecule has 7 heteroatoms. The molecule has 1 saturated heterocycles. The van der Waals surface area contributed by atoms with Crippen molar-refractivity contribution in [3.8, 4) is 0 Å². The zero-order chi connectivity index (χ0) is 21.8. The summed E-state index contributed by atoms with van der Waals surface area (Å²) in [5, 5.41) is 0.481. The molecule has 0 radical (unpaired) electrons. The first-order chi connectivity index (χ1) is 15.1. The molecular formula is C24H31FN2O3S. The summed E-state index contributed by atoms with van der Waals surface area (Å²) in [7, 11) is 1.55. The summed E-state index contributed by atoms with van der Waals surface area (Å²) in [6, 6.07) is 4.92. The van der Waals surface area contributed by atoms with E-state index < -0.39 is 0 Å². The summed E-state index contributed by atoms with van der Waals surface area (Å²) in [5.41, 5.74) is 0.622. The molecule has 4 rings (SSSR count). The van der Waals surface area contributed by atoms with Gasteiger partial charge in [-0.1, -0.05) is 38.2 Å². The van der Waals surface area contributed by atoms with Gasteiger partial charge in [-0.15, -0.1) is 11.3 Å². The Bertz CT molecular complexity index is 930. The Balaban J connectivity index is 1.37. The second-order valence-electron chi connectivity index (χ2n) is 8.67. The standard InChI is InChI=1S/C24H31FN2O3S/c1-30-16-18-22-19(25)8-5-9-20(22)31-23(18)24(29)27-14-12-26(13-15-27)21(28)11-10-17-6-3-2-4-7-17/h5,8-9,17H,2-4,6-7,10-16H2,1H3. The fourth-order valence-electron chi connectivity index (χ4n) is 4.89. The Labute approximate surface area is 187 Å². The number of halogens is 1. The van der Waals surface area contributed by atoms with Crippen LogP contribution in [-0.2, 0) is 16.1 Å². The molecule has 0 spiro atoms. The van der Waals surface area contributed by atoms with Crippen LogP contribution in [0.3, 0.4) is 0 Å². The van der Waals surface area contributed by atoms with Gasteiger partial charge < -0.3 is 14.5 Å². The van der Waals surface area contributed by atoms with Gasteiger partial charge in [0.25, 0.3) is 5.91 Å². The highest BCUT2D eigenvalue weighted by atomic mass is 32.1. The molecule has 0 unspecified atom stereocenters. The summed E-state index contributed by atoms with van der Waals surface area (Å²) >= 11 is 1.32. The van der Waals surface area contributed by atoms with Gasteiger partial charge in [-0.3, -0.25) is 9.59 Å². The van der Waals surface area contributed by atoms with Crippen LogP contribution >= 0.6 is 11.3 Å². The number of carbonyl (C=O) groups is 2. The van der Waals surface area contributed by atoms with Crippen molar-refractivity contribution in [3.05, 3.63) is 34.5 Å². The van der Waals surface area contributed by atoms with Crippen molar-refractivity contribution >= 4 is 33.2 Å². The van der Waals surface area contributed by atoms with Crippen LogP contribution < -0.4 is 0 Å². The van der Waals surface area contributed by atoms with Gasteiger partial charge in [0, 0.05) is 55.4 Å². The van der Waals surface area contributed by atoms with Crippen LogP contribution in [0.1, 0.15) is 60.2 Å². The third kappa shape index (κ3) is 4.93. The molecule has 31 heavy (non-hydrogen) atoms. The maximum atomic E-state index is 14.4. The van der Waals surface area contributed by atoms with Crippen molar-refractivity contribution in [1.29, 1.82) is 0 Å². The van der Waals surface area contributed by atoms with Crippen molar-refractivity contribution < 1.29 is 18.7 Å². The number of thiophene rings is 1. The van der Waals surface area contributed by atoms with Gasteiger partial charge in [0.2, 0.25) is 5.91 Å². The third-order valence-electron chi connectivity index (χ3n) is 6.66. The maximum Gasteiger partial charge on any atom is 0.264 e. The number of nitrogens with zero attached hydrogens (tertiary/aromatic N) is 2. The summed E-state index contributed by atoms with van der Waals surface area (Å²) in [5.74, 6) is 0.491. The van der Waals surface area contributed by atoms with Gasteiger partial charge in [-0.25, -0.2) is 4.39 Å². The fraction of sp³-hybridized carbons (Fsp3) is 0.583. The molecule has 1 aromatic carbocycles. The van der Waals surface area contributed by atoms with Gasteiger partial charge in [0.1, 0.15) is 5.82 Å². The van der Waals surface area contributed by atoms with Crippen molar-refractivity contribution in [3.63, 3.8) is 0 Å². The lowest BCUT2D eigenvalue weighted by Gasteiger charge is -2.35. The van der Waals surface area contributed by atoms with Gasteiger partial charge in [0.05, 0.1) is 11.5 Å².